The fourth-order valence-corrected chi connectivity index (χ4v) is 2.06. The zero-order chi connectivity index (χ0) is 9.97. The lowest BCUT2D eigenvalue weighted by atomic mass is 10.1. The molecule has 0 aliphatic carbocycles. The molecule has 1 N–H and O–H groups in total. The SMILES string of the molecule is Cl.Fc1ccc(I)cc1[C@@H]1COCCN1. The van der Waals surface area contributed by atoms with Crippen LogP contribution in [0.3, 0.4) is 0 Å². The van der Waals surface area contributed by atoms with E-state index in [2.05, 4.69) is 27.9 Å². The van der Waals surface area contributed by atoms with Crippen molar-refractivity contribution in [1.29, 1.82) is 0 Å². The second-order valence-electron chi connectivity index (χ2n) is 3.25. The average Bonchev–Trinajstić information content (AvgIpc) is 2.23. The number of morpholine rings is 1. The predicted octanol–water partition coefficient (Wildman–Crippen LogP) is 2.51. The van der Waals surface area contributed by atoms with E-state index in [1.165, 1.54) is 6.07 Å². The zero-order valence-corrected chi connectivity index (χ0v) is 11.0. The van der Waals surface area contributed by atoms with Crippen LogP contribution in [0.25, 0.3) is 0 Å². The van der Waals surface area contributed by atoms with Crippen LogP contribution >= 0.6 is 35.0 Å². The first-order valence-electron chi connectivity index (χ1n) is 4.53. The molecule has 2 nitrogen and oxygen atoms in total. The van der Waals surface area contributed by atoms with Crippen LogP contribution in [-0.4, -0.2) is 19.8 Å². The van der Waals surface area contributed by atoms with Crippen molar-refractivity contribution in [2.75, 3.05) is 19.8 Å². The minimum atomic E-state index is -0.159. The van der Waals surface area contributed by atoms with Crippen molar-refractivity contribution in [2.24, 2.45) is 0 Å². The van der Waals surface area contributed by atoms with Gasteiger partial charge >= 0.3 is 0 Å². The Hall–Kier alpha value is 0.0900. The van der Waals surface area contributed by atoms with E-state index < -0.39 is 0 Å². The highest BCUT2D eigenvalue weighted by Crippen LogP contribution is 2.21. The third-order valence-corrected chi connectivity index (χ3v) is 2.93. The van der Waals surface area contributed by atoms with Gasteiger partial charge in [-0.15, -0.1) is 12.4 Å². The second-order valence-corrected chi connectivity index (χ2v) is 4.49. The van der Waals surface area contributed by atoms with Gasteiger partial charge < -0.3 is 10.1 Å². The maximum atomic E-state index is 13.5. The van der Waals surface area contributed by atoms with Crippen molar-refractivity contribution in [3.8, 4) is 0 Å². The van der Waals surface area contributed by atoms with Crippen molar-refractivity contribution in [3.63, 3.8) is 0 Å². The summed E-state index contributed by atoms with van der Waals surface area (Å²) >= 11 is 2.18. The van der Waals surface area contributed by atoms with Crippen molar-refractivity contribution in [3.05, 3.63) is 33.1 Å². The van der Waals surface area contributed by atoms with Gasteiger partial charge in [0.1, 0.15) is 5.82 Å². The maximum Gasteiger partial charge on any atom is 0.128 e. The summed E-state index contributed by atoms with van der Waals surface area (Å²) in [6, 6.07) is 5.14. The van der Waals surface area contributed by atoms with Gasteiger partial charge in [0.15, 0.2) is 0 Å². The molecule has 0 saturated carbocycles. The summed E-state index contributed by atoms with van der Waals surface area (Å²) in [5, 5.41) is 3.24. The first kappa shape index (κ1) is 13.2. The average molecular weight is 344 g/mol. The molecular formula is C10H12ClFINO. The van der Waals surface area contributed by atoms with Gasteiger partial charge in [0.05, 0.1) is 19.3 Å². The number of halogens is 3. The predicted molar refractivity (Wildman–Crippen MR) is 67.9 cm³/mol. The number of hydrogen-bond acceptors (Lipinski definition) is 2. The molecule has 1 aromatic rings. The number of hydrogen-bond donors (Lipinski definition) is 1. The Morgan fingerprint density at radius 2 is 2.27 bits per heavy atom. The molecule has 1 fully saturated rings. The van der Waals surface area contributed by atoms with Crippen LogP contribution in [0.4, 0.5) is 4.39 Å². The van der Waals surface area contributed by atoms with Crippen LogP contribution < -0.4 is 5.32 Å². The van der Waals surface area contributed by atoms with Gasteiger partial charge in [-0.3, -0.25) is 0 Å². The topological polar surface area (TPSA) is 21.3 Å². The third-order valence-electron chi connectivity index (χ3n) is 2.26. The van der Waals surface area contributed by atoms with Crippen molar-refractivity contribution < 1.29 is 9.13 Å². The Morgan fingerprint density at radius 3 is 2.93 bits per heavy atom. The lowest BCUT2D eigenvalue weighted by Gasteiger charge is -2.24. The standard InChI is InChI=1S/C10H11FINO.ClH/c11-9-2-1-7(12)5-8(9)10-6-14-4-3-13-10;/h1-2,5,10,13H,3-4,6H2;1H/t10-;/m0./s1. The summed E-state index contributed by atoms with van der Waals surface area (Å²) in [7, 11) is 0. The van der Waals surface area contributed by atoms with E-state index >= 15 is 0 Å². The quantitative estimate of drug-likeness (QED) is 0.791. The van der Waals surface area contributed by atoms with E-state index in [1.807, 2.05) is 6.07 Å². The zero-order valence-electron chi connectivity index (χ0n) is 8.00. The Kier molecular flexibility index (Phi) is 5.25. The molecule has 0 radical (unpaired) electrons. The van der Waals surface area contributed by atoms with E-state index in [-0.39, 0.29) is 24.3 Å². The van der Waals surface area contributed by atoms with Crippen LogP contribution in [0.2, 0.25) is 0 Å². The lowest BCUT2D eigenvalue weighted by molar-refractivity contribution is 0.0757. The minimum absolute atomic E-state index is 0. The molecule has 1 aliphatic rings. The fraction of sp³-hybridized carbons (Fsp3) is 0.400. The molecular weight excluding hydrogens is 331 g/mol. The smallest absolute Gasteiger partial charge is 0.128 e. The molecule has 1 aromatic carbocycles. The van der Waals surface area contributed by atoms with Crippen LogP contribution in [-0.2, 0) is 4.74 Å². The minimum Gasteiger partial charge on any atom is -0.378 e. The van der Waals surface area contributed by atoms with Crippen molar-refractivity contribution in [1.82, 2.24) is 5.32 Å². The Bertz CT molecular complexity index is 331. The normalized spacial score (nSPS) is 20.8. The molecule has 0 unspecified atom stereocenters. The number of rotatable bonds is 1. The molecule has 2 rings (SSSR count). The van der Waals surface area contributed by atoms with Crippen LogP contribution in [0.15, 0.2) is 18.2 Å². The molecule has 0 spiro atoms. The first-order chi connectivity index (χ1) is 6.77. The summed E-state index contributed by atoms with van der Waals surface area (Å²) in [6.07, 6.45) is 0. The van der Waals surface area contributed by atoms with E-state index in [0.29, 0.717) is 18.8 Å². The number of nitrogens with one attached hydrogen (secondary N) is 1. The molecule has 0 amide bonds. The summed E-state index contributed by atoms with van der Waals surface area (Å²) < 4.78 is 19.8. The summed E-state index contributed by atoms with van der Waals surface area (Å²) in [4.78, 5) is 0. The highest BCUT2D eigenvalue weighted by atomic mass is 127. The van der Waals surface area contributed by atoms with Gasteiger partial charge in [-0.2, -0.15) is 0 Å². The Labute approximate surface area is 108 Å². The van der Waals surface area contributed by atoms with Crippen molar-refractivity contribution in [2.45, 2.75) is 6.04 Å². The Morgan fingerprint density at radius 1 is 1.47 bits per heavy atom. The lowest BCUT2D eigenvalue weighted by Crippen LogP contribution is -2.35. The van der Waals surface area contributed by atoms with Gasteiger partial charge in [0.2, 0.25) is 0 Å². The molecule has 15 heavy (non-hydrogen) atoms. The van der Waals surface area contributed by atoms with E-state index in [4.69, 9.17) is 4.74 Å². The molecule has 1 heterocycles. The molecule has 0 bridgehead atoms. The van der Waals surface area contributed by atoms with Gasteiger partial charge in [-0.1, -0.05) is 0 Å². The van der Waals surface area contributed by atoms with Crippen LogP contribution in [0, 0.1) is 9.39 Å². The first-order valence-corrected chi connectivity index (χ1v) is 5.61. The highest BCUT2D eigenvalue weighted by molar-refractivity contribution is 14.1. The van der Waals surface area contributed by atoms with Gasteiger partial charge in [0.25, 0.3) is 0 Å². The largest absolute Gasteiger partial charge is 0.378 e. The van der Waals surface area contributed by atoms with E-state index in [1.54, 1.807) is 6.07 Å². The van der Waals surface area contributed by atoms with Gasteiger partial charge in [-0.05, 0) is 40.8 Å². The molecule has 5 heteroatoms. The molecule has 1 saturated heterocycles. The molecule has 1 atom stereocenters. The van der Waals surface area contributed by atoms with Crippen LogP contribution in [0.1, 0.15) is 11.6 Å². The third kappa shape index (κ3) is 3.27. The van der Waals surface area contributed by atoms with E-state index in [9.17, 15) is 4.39 Å². The maximum absolute atomic E-state index is 13.5. The van der Waals surface area contributed by atoms with Crippen molar-refractivity contribution >= 4 is 35.0 Å². The molecule has 84 valence electrons. The molecule has 0 aromatic heterocycles. The van der Waals surface area contributed by atoms with Crippen LogP contribution in [0.5, 0.6) is 0 Å². The summed E-state index contributed by atoms with van der Waals surface area (Å²) in [6.45, 7) is 2.05. The van der Waals surface area contributed by atoms with Gasteiger partial charge in [-0.25, -0.2) is 4.39 Å². The fourth-order valence-electron chi connectivity index (χ4n) is 1.55. The second kappa shape index (κ2) is 5.98. The van der Waals surface area contributed by atoms with E-state index in [0.717, 1.165) is 10.1 Å². The highest BCUT2D eigenvalue weighted by Gasteiger charge is 2.18. The summed E-state index contributed by atoms with van der Waals surface area (Å²) in [5.74, 6) is -0.159. The molecule has 1 aliphatic heterocycles. The number of benzene rings is 1. The number of ether oxygens (including phenoxy) is 1. The monoisotopic (exact) mass is 343 g/mol. The Balaban J connectivity index is 0.00000112. The summed E-state index contributed by atoms with van der Waals surface area (Å²) in [5.41, 5.74) is 0.705. The van der Waals surface area contributed by atoms with Gasteiger partial charge in [0, 0.05) is 15.7 Å².